The second-order valence-electron chi connectivity index (χ2n) is 8.13. The molecule has 0 saturated heterocycles. The lowest BCUT2D eigenvalue weighted by Gasteiger charge is -2.26. The zero-order valence-corrected chi connectivity index (χ0v) is 19.6. The predicted molar refractivity (Wildman–Crippen MR) is 130 cm³/mol. The fourth-order valence-corrected chi connectivity index (χ4v) is 4.13. The summed E-state index contributed by atoms with van der Waals surface area (Å²) in [7, 11) is 0. The van der Waals surface area contributed by atoms with Crippen LogP contribution >= 0.6 is 11.9 Å². The van der Waals surface area contributed by atoms with Crippen LogP contribution < -0.4 is 10.0 Å². The fraction of sp³-hybridized carbons (Fsp3) is 0.417. The number of carbonyl (C=O) groups is 2. The van der Waals surface area contributed by atoms with Gasteiger partial charge in [-0.25, -0.2) is 4.98 Å². The topological polar surface area (TPSA) is 104 Å². The normalized spacial score (nSPS) is 14.1. The largest absolute Gasteiger partial charge is 0.475 e. The number of ether oxygens (including phenoxy) is 1. The van der Waals surface area contributed by atoms with Gasteiger partial charge in [0, 0.05) is 23.4 Å². The standard InChI is InChI=1S/C24H30N4O3S/c1-15(2)31-22(25)21-19(17-11-9-16(14-29)10-12-17)13-20(24(30)28-32-3)27-23(21)26-18-7-5-4-6-8-18/h9-15,18,25H,4-8H2,1-3H3,(H,26,27)(H,28,30). The molecule has 0 radical (unpaired) electrons. The number of aldehydes is 1. The Morgan fingerprint density at radius 2 is 1.91 bits per heavy atom. The summed E-state index contributed by atoms with van der Waals surface area (Å²) < 4.78 is 8.49. The minimum atomic E-state index is -0.308. The maximum Gasteiger partial charge on any atom is 0.279 e. The van der Waals surface area contributed by atoms with Gasteiger partial charge in [-0.2, -0.15) is 0 Å². The van der Waals surface area contributed by atoms with Crippen LogP contribution in [-0.4, -0.2) is 41.5 Å². The van der Waals surface area contributed by atoms with Crippen LogP contribution in [0, 0.1) is 5.41 Å². The van der Waals surface area contributed by atoms with Crippen molar-refractivity contribution in [3.63, 3.8) is 0 Å². The zero-order chi connectivity index (χ0) is 23.1. The molecule has 1 aliphatic rings. The molecule has 1 aromatic carbocycles. The number of hydrogen-bond acceptors (Lipinski definition) is 7. The van der Waals surface area contributed by atoms with E-state index in [1.54, 1.807) is 24.5 Å². The molecule has 2 aromatic rings. The van der Waals surface area contributed by atoms with Gasteiger partial charge in [0.1, 0.15) is 17.8 Å². The zero-order valence-electron chi connectivity index (χ0n) is 18.7. The van der Waals surface area contributed by atoms with Crippen LogP contribution in [0.3, 0.4) is 0 Å². The number of aromatic nitrogens is 1. The van der Waals surface area contributed by atoms with Gasteiger partial charge in [0.25, 0.3) is 5.91 Å². The number of nitrogens with one attached hydrogen (secondary N) is 3. The average molecular weight is 455 g/mol. The van der Waals surface area contributed by atoms with Crippen LogP contribution in [0.5, 0.6) is 0 Å². The van der Waals surface area contributed by atoms with E-state index in [0.717, 1.165) is 37.5 Å². The van der Waals surface area contributed by atoms with Crippen LogP contribution in [-0.2, 0) is 4.74 Å². The quantitative estimate of drug-likeness (QED) is 0.223. The van der Waals surface area contributed by atoms with Gasteiger partial charge in [-0.1, -0.05) is 55.5 Å². The Hall–Kier alpha value is -2.87. The van der Waals surface area contributed by atoms with Gasteiger partial charge in [-0.15, -0.1) is 0 Å². The van der Waals surface area contributed by atoms with E-state index in [0.29, 0.717) is 22.5 Å². The monoisotopic (exact) mass is 454 g/mol. The summed E-state index contributed by atoms with van der Waals surface area (Å²) in [4.78, 5) is 28.4. The Bertz CT molecular complexity index is 970. The molecule has 1 aromatic heterocycles. The highest BCUT2D eigenvalue weighted by molar-refractivity contribution is 7.97. The van der Waals surface area contributed by atoms with Crippen molar-refractivity contribution in [1.82, 2.24) is 9.71 Å². The summed E-state index contributed by atoms with van der Waals surface area (Å²) in [5, 5.41) is 12.2. The van der Waals surface area contributed by atoms with Crippen molar-refractivity contribution in [2.75, 3.05) is 11.6 Å². The molecule has 7 nitrogen and oxygen atoms in total. The summed E-state index contributed by atoms with van der Waals surface area (Å²) in [6.07, 6.45) is 7.91. The Morgan fingerprint density at radius 3 is 2.50 bits per heavy atom. The molecule has 0 spiro atoms. The minimum Gasteiger partial charge on any atom is -0.475 e. The van der Waals surface area contributed by atoms with Crippen LogP contribution in [0.2, 0.25) is 0 Å². The highest BCUT2D eigenvalue weighted by Crippen LogP contribution is 2.32. The van der Waals surface area contributed by atoms with Crippen LogP contribution in [0.1, 0.15) is 72.4 Å². The maximum absolute atomic E-state index is 12.7. The first-order valence-corrected chi connectivity index (χ1v) is 12.1. The highest BCUT2D eigenvalue weighted by atomic mass is 32.2. The molecule has 8 heteroatoms. The lowest BCUT2D eigenvalue weighted by molar-refractivity contribution is 0.0979. The van der Waals surface area contributed by atoms with E-state index in [1.165, 1.54) is 18.4 Å². The van der Waals surface area contributed by atoms with E-state index in [2.05, 4.69) is 15.0 Å². The van der Waals surface area contributed by atoms with E-state index in [9.17, 15) is 9.59 Å². The Morgan fingerprint density at radius 1 is 1.22 bits per heavy atom. The molecule has 170 valence electrons. The molecule has 1 fully saturated rings. The van der Waals surface area contributed by atoms with Crippen molar-refractivity contribution < 1.29 is 14.3 Å². The molecule has 1 saturated carbocycles. The van der Waals surface area contributed by atoms with Gasteiger partial charge in [-0.3, -0.25) is 19.7 Å². The van der Waals surface area contributed by atoms with E-state index in [-0.39, 0.29) is 29.6 Å². The number of amides is 1. The van der Waals surface area contributed by atoms with Crippen LogP contribution in [0.4, 0.5) is 5.82 Å². The second kappa shape index (κ2) is 11.1. The summed E-state index contributed by atoms with van der Waals surface area (Å²) in [5.41, 5.74) is 2.76. The van der Waals surface area contributed by atoms with Gasteiger partial charge in [0.15, 0.2) is 0 Å². The second-order valence-corrected chi connectivity index (χ2v) is 8.74. The van der Waals surface area contributed by atoms with Crippen molar-refractivity contribution >= 4 is 35.9 Å². The molecule has 0 unspecified atom stereocenters. The summed E-state index contributed by atoms with van der Waals surface area (Å²) in [6, 6.07) is 8.97. The van der Waals surface area contributed by atoms with Crippen molar-refractivity contribution in [2.45, 2.75) is 58.1 Å². The highest BCUT2D eigenvalue weighted by Gasteiger charge is 2.25. The van der Waals surface area contributed by atoms with E-state index in [4.69, 9.17) is 10.1 Å². The summed E-state index contributed by atoms with van der Waals surface area (Å²) >= 11 is 1.21. The first-order chi connectivity index (χ1) is 15.4. The minimum absolute atomic E-state index is 0.00269. The molecular weight excluding hydrogens is 424 g/mol. The average Bonchev–Trinajstić information content (AvgIpc) is 2.79. The van der Waals surface area contributed by atoms with Gasteiger partial charge >= 0.3 is 0 Å². The third-order valence-corrected chi connectivity index (χ3v) is 5.72. The van der Waals surface area contributed by atoms with E-state index in [1.807, 2.05) is 26.0 Å². The third kappa shape index (κ3) is 5.88. The smallest absolute Gasteiger partial charge is 0.279 e. The molecule has 0 atom stereocenters. The first kappa shape index (κ1) is 23.8. The number of rotatable bonds is 8. The first-order valence-electron chi connectivity index (χ1n) is 10.9. The Balaban J connectivity index is 2.17. The van der Waals surface area contributed by atoms with Gasteiger partial charge < -0.3 is 10.1 Å². The lowest BCUT2D eigenvalue weighted by atomic mass is 9.94. The van der Waals surface area contributed by atoms with E-state index >= 15 is 0 Å². The number of carbonyl (C=O) groups excluding carboxylic acids is 2. The molecule has 32 heavy (non-hydrogen) atoms. The number of nitrogens with zero attached hydrogens (tertiary/aromatic N) is 1. The van der Waals surface area contributed by atoms with Crippen molar-refractivity contribution in [3.8, 4) is 11.1 Å². The number of pyridine rings is 1. The summed E-state index contributed by atoms with van der Waals surface area (Å²) in [6.45, 7) is 3.74. The number of benzene rings is 1. The molecule has 1 amide bonds. The SMILES string of the molecule is CSNC(=O)c1cc(-c2ccc(C=O)cc2)c(C(=N)OC(C)C)c(NC2CCCCC2)n1. The molecule has 1 aliphatic carbocycles. The predicted octanol–water partition coefficient (Wildman–Crippen LogP) is 5.06. The van der Waals surface area contributed by atoms with Crippen molar-refractivity contribution in [3.05, 3.63) is 47.2 Å². The van der Waals surface area contributed by atoms with Gasteiger partial charge in [0.2, 0.25) is 5.90 Å². The molecule has 3 N–H and O–H groups in total. The third-order valence-electron chi connectivity index (χ3n) is 5.33. The molecule has 1 heterocycles. The van der Waals surface area contributed by atoms with Gasteiger partial charge in [-0.05, 0) is 38.3 Å². The Kier molecular flexibility index (Phi) is 8.27. The van der Waals surface area contributed by atoms with E-state index < -0.39 is 0 Å². The lowest BCUT2D eigenvalue weighted by Crippen LogP contribution is -2.27. The molecular formula is C24H30N4O3S. The van der Waals surface area contributed by atoms with Crippen LogP contribution in [0.15, 0.2) is 30.3 Å². The number of anilines is 1. The number of hydrogen-bond donors (Lipinski definition) is 3. The van der Waals surface area contributed by atoms with Crippen molar-refractivity contribution in [1.29, 1.82) is 5.41 Å². The molecule has 3 rings (SSSR count). The maximum atomic E-state index is 12.7. The fourth-order valence-electron chi connectivity index (χ4n) is 3.84. The van der Waals surface area contributed by atoms with Gasteiger partial charge in [0.05, 0.1) is 11.7 Å². The Labute approximate surface area is 193 Å². The van der Waals surface area contributed by atoms with Crippen molar-refractivity contribution in [2.24, 2.45) is 0 Å². The molecule has 0 bridgehead atoms. The van der Waals surface area contributed by atoms with Crippen LogP contribution in [0.25, 0.3) is 11.1 Å². The summed E-state index contributed by atoms with van der Waals surface area (Å²) in [5.74, 6) is 0.167. The molecule has 0 aliphatic heterocycles.